The van der Waals surface area contributed by atoms with Gasteiger partial charge in [-0.25, -0.2) is 9.78 Å². The Morgan fingerprint density at radius 2 is 2.28 bits per heavy atom. The first-order valence-corrected chi connectivity index (χ1v) is 10.6. The summed E-state index contributed by atoms with van der Waals surface area (Å²) in [5.74, 6) is 1.98. The van der Waals surface area contributed by atoms with Crippen LogP contribution in [0.3, 0.4) is 0 Å². The molecule has 2 atom stereocenters. The minimum absolute atomic E-state index is 0.0417. The lowest BCUT2D eigenvalue weighted by Gasteiger charge is -2.23. The van der Waals surface area contributed by atoms with Gasteiger partial charge in [0, 0.05) is 45.0 Å². The summed E-state index contributed by atoms with van der Waals surface area (Å²) in [7, 11) is 1.74. The average molecular weight is 425 g/mol. The molecule has 2 rings (SSSR count). The quantitative estimate of drug-likeness (QED) is 0.439. The van der Waals surface area contributed by atoms with Gasteiger partial charge in [0.25, 0.3) is 0 Å². The number of aliphatic imine (C=N–C) groups is 1. The normalized spacial score (nSPS) is 17.9. The molecule has 3 N–H and O–H groups in total. The Hall–Kier alpha value is -2.22. The molecular weight excluding hydrogens is 392 g/mol. The lowest BCUT2D eigenvalue weighted by molar-refractivity contribution is 0.146. The van der Waals surface area contributed by atoms with Crippen molar-refractivity contribution in [1.82, 2.24) is 20.9 Å². The first-order valence-electron chi connectivity index (χ1n) is 10.2. The largest absolute Gasteiger partial charge is 0.450 e. The molecule has 2 heterocycles. The molecule has 162 valence electrons. The van der Waals surface area contributed by atoms with Gasteiger partial charge in [0.1, 0.15) is 5.82 Å². The zero-order chi connectivity index (χ0) is 21.2. The van der Waals surface area contributed by atoms with Crippen molar-refractivity contribution in [2.45, 2.75) is 45.7 Å². The van der Waals surface area contributed by atoms with E-state index >= 15 is 0 Å². The molecule has 2 unspecified atom stereocenters. The molecule has 8 nitrogen and oxygen atoms in total. The maximum Gasteiger partial charge on any atom is 0.407 e. The van der Waals surface area contributed by atoms with E-state index in [2.05, 4.69) is 44.7 Å². The molecule has 9 heteroatoms. The molecule has 0 radical (unpaired) electrons. The number of guanidine groups is 1. The molecule has 1 fully saturated rings. The number of carbonyl (C=O) groups excluding carboxylic acids is 1. The van der Waals surface area contributed by atoms with Crippen LogP contribution in [0.2, 0.25) is 5.02 Å². The van der Waals surface area contributed by atoms with Gasteiger partial charge in [-0.15, -0.1) is 0 Å². The SMILES string of the molecule is CCOC(=O)NC(CNC(=NC)NC1CCN(c2ncccc2Cl)C1)CC(C)C. The number of alkyl carbamates (subject to hydrolysis) is 1. The molecular formula is C20H33ClN6O2. The molecule has 1 saturated heterocycles. The van der Waals surface area contributed by atoms with E-state index in [4.69, 9.17) is 16.3 Å². The highest BCUT2D eigenvalue weighted by molar-refractivity contribution is 6.32. The van der Waals surface area contributed by atoms with Gasteiger partial charge >= 0.3 is 6.09 Å². The Balaban J connectivity index is 1.86. The lowest BCUT2D eigenvalue weighted by atomic mass is 10.0. The fourth-order valence-electron chi connectivity index (χ4n) is 3.39. The number of ether oxygens (including phenoxy) is 1. The molecule has 0 saturated carbocycles. The summed E-state index contributed by atoms with van der Waals surface area (Å²) in [5, 5.41) is 10.4. The van der Waals surface area contributed by atoms with Gasteiger partial charge in [0.15, 0.2) is 5.96 Å². The summed E-state index contributed by atoms with van der Waals surface area (Å²) in [6.07, 6.45) is 3.18. The fourth-order valence-corrected chi connectivity index (χ4v) is 3.63. The zero-order valence-electron chi connectivity index (χ0n) is 17.7. The summed E-state index contributed by atoms with van der Waals surface area (Å²) in [6, 6.07) is 3.89. The first kappa shape index (κ1) is 23.1. The Morgan fingerprint density at radius 1 is 1.48 bits per heavy atom. The number of hydrogen-bond donors (Lipinski definition) is 3. The Bertz CT molecular complexity index is 685. The van der Waals surface area contributed by atoms with Crippen LogP contribution in [-0.2, 0) is 4.74 Å². The summed E-state index contributed by atoms with van der Waals surface area (Å²) in [4.78, 5) is 22.7. The third-order valence-corrected chi connectivity index (χ3v) is 4.96. The van der Waals surface area contributed by atoms with E-state index in [0.29, 0.717) is 30.1 Å². The van der Waals surface area contributed by atoms with Crippen molar-refractivity contribution in [1.29, 1.82) is 0 Å². The Kier molecular flexibility index (Phi) is 9.31. The predicted molar refractivity (Wildman–Crippen MR) is 118 cm³/mol. The Morgan fingerprint density at radius 3 is 2.93 bits per heavy atom. The van der Waals surface area contributed by atoms with Gasteiger partial charge in [-0.2, -0.15) is 0 Å². The van der Waals surface area contributed by atoms with Crippen LogP contribution in [0.15, 0.2) is 23.3 Å². The number of aromatic nitrogens is 1. The third kappa shape index (κ3) is 7.61. The number of carbonyl (C=O) groups is 1. The van der Waals surface area contributed by atoms with Crippen molar-refractivity contribution in [3.63, 3.8) is 0 Å². The van der Waals surface area contributed by atoms with Crippen LogP contribution in [0, 0.1) is 5.92 Å². The van der Waals surface area contributed by atoms with E-state index in [-0.39, 0.29) is 18.2 Å². The molecule has 1 amide bonds. The standard InChI is InChI=1S/C20H33ClN6O2/c1-5-29-20(28)26-16(11-14(2)3)12-24-19(22-4)25-15-8-10-27(13-15)18-17(21)7-6-9-23-18/h6-7,9,14-16H,5,8,10-13H2,1-4H3,(H,26,28)(H2,22,24,25). The first-order chi connectivity index (χ1) is 13.9. The molecule has 0 aromatic carbocycles. The summed E-state index contributed by atoms with van der Waals surface area (Å²) in [5.41, 5.74) is 0. The predicted octanol–water partition coefficient (Wildman–Crippen LogP) is 2.64. The van der Waals surface area contributed by atoms with Crippen molar-refractivity contribution in [3.8, 4) is 0 Å². The number of anilines is 1. The molecule has 0 spiro atoms. The maximum atomic E-state index is 11.8. The highest BCUT2D eigenvalue weighted by atomic mass is 35.5. The van der Waals surface area contributed by atoms with Crippen LogP contribution >= 0.6 is 11.6 Å². The molecule has 29 heavy (non-hydrogen) atoms. The number of pyridine rings is 1. The van der Waals surface area contributed by atoms with E-state index in [1.807, 2.05) is 12.1 Å². The van der Waals surface area contributed by atoms with Gasteiger partial charge in [-0.05, 0) is 37.8 Å². The number of halogens is 1. The van der Waals surface area contributed by atoms with Gasteiger partial charge < -0.3 is 25.6 Å². The summed E-state index contributed by atoms with van der Waals surface area (Å²) < 4.78 is 5.01. The van der Waals surface area contributed by atoms with Crippen LogP contribution in [0.5, 0.6) is 0 Å². The second-order valence-corrected chi connectivity index (χ2v) is 7.94. The fraction of sp³-hybridized carbons (Fsp3) is 0.650. The van der Waals surface area contributed by atoms with E-state index in [9.17, 15) is 4.79 Å². The number of amides is 1. The van der Waals surface area contributed by atoms with Crippen LogP contribution < -0.4 is 20.9 Å². The number of hydrogen-bond acceptors (Lipinski definition) is 5. The molecule has 1 aromatic heterocycles. The summed E-state index contributed by atoms with van der Waals surface area (Å²) in [6.45, 7) is 8.66. The van der Waals surface area contributed by atoms with Crippen LogP contribution in [0.25, 0.3) is 0 Å². The molecule has 1 aliphatic rings. The highest BCUT2D eigenvalue weighted by Gasteiger charge is 2.25. The molecule has 1 aromatic rings. The van der Waals surface area contributed by atoms with Gasteiger partial charge in [0.2, 0.25) is 0 Å². The molecule has 1 aliphatic heterocycles. The minimum Gasteiger partial charge on any atom is -0.450 e. The number of nitrogens with one attached hydrogen (secondary N) is 3. The van der Waals surface area contributed by atoms with E-state index in [1.54, 1.807) is 20.2 Å². The van der Waals surface area contributed by atoms with E-state index < -0.39 is 0 Å². The highest BCUT2D eigenvalue weighted by Crippen LogP contribution is 2.25. The number of nitrogens with zero attached hydrogens (tertiary/aromatic N) is 3. The van der Waals surface area contributed by atoms with Crippen molar-refractivity contribution in [2.75, 3.05) is 38.2 Å². The van der Waals surface area contributed by atoms with Crippen LogP contribution in [0.4, 0.5) is 10.6 Å². The summed E-state index contributed by atoms with van der Waals surface area (Å²) >= 11 is 6.27. The zero-order valence-corrected chi connectivity index (χ0v) is 18.5. The third-order valence-electron chi connectivity index (χ3n) is 4.66. The van der Waals surface area contributed by atoms with Gasteiger partial charge in [-0.3, -0.25) is 4.99 Å². The molecule has 0 aliphatic carbocycles. The Labute approximate surface area is 178 Å². The second-order valence-electron chi connectivity index (χ2n) is 7.53. The minimum atomic E-state index is -0.387. The van der Waals surface area contributed by atoms with Crippen molar-refractivity contribution < 1.29 is 9.53 Å². The second kappa shape index (κ2) is 11.7. The van der Waals surface area contributed by atoms with Crippen molar-refractivity contribution >= 4 is 29.5 Å². The van der Waals surface area contributed by atoms with Crippen molar-refractivity contribution in [3.05, 3.63) is 23.4 Å². The van der Waals surface area contributed by atoms with E-state index in [1.165, 1.54) is 0 Å². The van der Waals surface area contributed by atoms with Crippen molar-refractivity contribution in [2.24, 2.45) is 10.9 Å². The maximum absolute atomic E-state index is 11.8. The van der Waals surface area contributed by atoms with Crippen LogP contribution in [0.1, 0.15) is 33.6 Å². The topological polar surface area (TPSA) is 90.9 Å². The molecule has 0 bridgehead atoms. The number of rotatable bonds is 8. The van der Waals surface area contributed by atoms with Gasteiger partial charge in [-0.1, -0.05) is 25.4 Å². The average Bonchev–Trinajstić information content (AvgIpc) is 3.13. The smallest absolute Gasteiger partial charge is 0.407 e. The lowest BCUT2D eigenvalue weighted by Crippen LogP contribution is -2.50. The van der Waals surface area contributed by atoms with Gasteiger partial charge in [0.05, 0.1) is 11.6 Å². The van der Waals surface area contributed by atoms with E-state index in [0.717, 1.165) is 31.7 Å². The monoisotopic (exact) mass is 424 g/mol. The van der Waals surface area contributed by atoms with Crippen LogP contribution in [-0.4, -0.2) is 62.4 Å².